The van der Waals surface area contributed by atoms with E-state index in [1.54, 1.807) is 11.3 Å². The van der Waals surface area contributed by atoms with Crippen LogP contribution in [0.2, 0.25) is 0 Å². The fraction of sp³-hybridized carbons (Fsp3) is 0.600. The number of piperidine rings is 1. The maximum atomic E-state index is 11.9. The maximum Gasteiger partial charge on any atom is 0.226 e. The van der Waals surface area contributed by atoms with Gasteiger partial charge in [-0.1, -0.05) is 6.42 Å². The second-order valence-electron chi connectivity index (χ2n) is 5.61. The number of likely N-dealkylation sites (tertiary alicyclic amines) is 1. The number of nitrogens with one attached hydrogen (secondary N) is 1. The third kappa shape index (κ3) is 4.04. The SMILES string of the molecule is O=C(Cc1cn2ccsc2n1)NCCCN1CCCCC1. The summed E-state index contributed by atoms with van der Waals surface area (Å²) in [6.07, 6.45) is 9.32. The molecule has 0 bridgehead atoms. The summed E-state index contributed by atoms with van der Waals surface area (Å²) in [7, 11) is 0. The first-order valence-electron chi connectivity index (χ1n) is 7.71. The molecule has 2 aromatic rings. The van der Waals surface area contributed by atoms with Crippen molar-refractivity contribution < 1.29 is 4.79 Å². The van der Waals surface area contributed by atoms with Crippen LogP contribution in [0.15, 0.2) is 17.8 Å². The number of imidazole rings is 1. The number of fused-ring (bicyclic) bond motifs is 1. The zero-order valence-electron chi connectivity index (χ0n) is 12.3. The van der Waals surface area contributed by atoms with Crippen molar-refractivity contribution in [1.82, 2.24) is 19.6 Å². The molecule has 114 valence electrons. The number of aromatic nitrogens is 2. The van der Waals surface area contributed by atoms with Gasteiger partial charge in [-0.25, -0.2) is 4.98 Å². The van der Waals surface area contributed by atoms with Gasteiger partial charge in [0.05, 0.1) is 12.1 Å². The van der Waals surface area contributed by atoms with Crippen LogP contribution in [0.5, 0.6) is 0 Å². The molecule has 5 nitrogen and oxygen atoms in total. The largest absolute Gasteiger partial charge is 0.356 e. The van der Waals surface area contributed by atoms with Gasteiger partial charge in [0, 0.05) is 24.3 Å². The van der Waals surface area contributed by atoms with Crippen LogP contribution in [0.25, 0.3) is 4.96 Å². The minimum atomic E-state index is 0.0689. The standard InChI is InChI=1S/C15H22N4OS/c20-14(11-13-12-19-9-10-21-15(19)17-13)16-5-4-8-18-6-2-1-3-7-18/h9-10,12H,1-8,11H2,(H,16,20). The van der Waals surface area contributed by atoms with E-state index in [-0.39, 0.29) is 5.91 Å². The minimum absolute atomic E-state index is 0.0689. The van der Waals surface area contributed by atoms with Gasteiger partial charge in [-0.3, -0.25) is 9.20 Å². The molecule has 1 amide bonds. The van der Waals surface area contributed by atoms with Gasteiger partial charge in [-0.2, -0.15) is 0 Å². The molecule has 0 aromatic carbocycles. The molecule has 6 heteroatoms. The average molecular weight is 306 g/mol. The molecule has 0 aliphatic carbocycles. The predicted octanol–water partition coefficient (Wildman–Crippen LogP) is 1.93. The van der Waals surface area contributed by atoms with E-state index in [4.69, 9.17) is 0 Å². The Balaban J connectivity index is 1.35. The summed E-state index contributed by atoms with van der Waals surface area (Å²) < 4.78 is 1.96. The van der Waals surface area contributed by atoms with Gasteiger partial charge >= 0.3 is 0 Å². The lowest BCUT2D eigenvalue weighted by molar-refractivity contribution is -0.120. The summed E-state index contributed by atoms with van der Waals surface area (Å²) in [6.45, 7) is 4.30. The quantitative estimate of drug-likeness (QED) is 0.830. The minimum Gasteiger partial charge on any atom is -0.356 e. The highest BCUT2D eigenvalue weighted by molar-refractivity contribution is 7.15. The molecule has 0 spiro atoms. The summed E-state index contributed by atoms with van der Waals surface area (Å²) in [5, 5.41) is 4.99. The fourth-order valence-corrected chi connectivity index (χ4v) is 3.52. The highest BCUT2D eigenvalue weighted by atomic mass is 32.1. The molecule has 1 aliphatic rings. The molecule has 1 N–H and O–H groups in total. The van der Waals surface area contributed by atoms with Crippen LogP contribution in [0.1, 0.15) is 31.4 Å². The van der Waals surface area contributed by atoms with Gasteiger partial charge < -0.3 is 10.2 Å². The van der Waals surface area contributed by atoms with E-state index in [2.05, 4.69) is 15.2 Å². The smallest absolute Gasteiger partial charge is 0.226 e. The zero-order valence-corrected chi connectivity index (χ0v) is 13.1. The van der Waals surface area contributed by atoms with Gasteiger partial charge in [-0.15, -0.1) is 11.3 Å². The lowest BCUT2D eigenvalue weighted by Gasteiger charge is -2.26. The number of carbonyl (C=O) groups is 1. The average Bonchev–Trinajstić information content (AvgIpc) is 3.06. The lowest BCUT2D eigenvalue weighted by atomic mass is 10.1. The van der Waals surface area contributed by atoms with Crippen molar-refractivity contribution in [2.24, 2.45) is 0 Å². The summed E-state index contributed by atoms with van der Waals surface area (Å²) >= 11 is 1.59. The van der Waals surface area contributed by atoms with Crippen LogP contribution in [-0.4, -0.2) is 46.4 Å². The monoisotopic (exact) mass is 306 g/mol. The Kier molecular flexibility index (Phi) is 4.87. The molecule has 1 aliphatic heterocycles. The summed E-state index contributed by atoms with van der Waals surface area (Å²) in [4.78, 5) is 19.8. The maximum absolute atomic E-state index is 11.9. The number of thiazole rings is 1. The molecule has 2 aromatic heterocycles. The first-order chi connectivity index (χ1) is 10.3. The van der Waals surface area contributed by atoms with Crippen molar-refractivity contribution in [3.63, 3.8) is 0 Å². The van der Waals surface area contributed by atoms with Gasteiger partial charge in [0.2, 0.25) is 5.91 Å². The van der Waals surface area contributed by atoms with Crippen LogP contribution >= 0.6 is 11.3 Å². The number of hydrogen-bond acceptors (Lipinski definition) is 4. The van der Waals surface area contributed by atoms with E-state index in [9.17, 15) is 4.79 Å². The number of nitrogens with zero attached hydrogens (tertiary/aromatic N) is 3. The Hall–Kier alpha value is -1.40. The third-order valence-electron chi connectivity index (χ3n) is 3.91. The molecule has 0 unspecified atom stereocenters. The number of carbonyl (C=O) groups excluding carboxylic acids is 1. The Morgan fingerprint density at radius 3 is 3.00 bits per heavy atom. The highest BCUT2D eigenvalue weighted by Crippen LogP contribution is 2.11. The van der Waals surface area contributed by atoms with Crippen molar-refractivity contribution in [2.75, 3.05) is 26.2 Å². The van der Waals surface area contributed by atoms with E-state index >= 15 is 0 Å². The van der Waals surface area contributed by atoms with Gasteiger partial charge in [-0.05, 0) is 38.9 Å². The zero-order chi connectivity index (χ0) is 14.5. The molecule has 1 saturated heterocycles. The Morgan fingerprint density at radius 1 is 1.33 bits per heavy atom. The molecule has 0 atom stereocenters. The Labute approximate surface area is 129 Å². The molecule has 0 saturated carbocycles. The molecular formula is C15H22N4OS. The fourth-order valence-electron chi connectivity index (χ4n) is 2.80. The van der Waals surface area contributed by atoms with Crippen LogP contribution in [0, 0.1) is 0 Å². The van der Waals surface area contributed by atoms with Crippen molar-refractivity contribution in [3.05, 3.63) is 23.5 Å². The van der Waals surface area contributed by atoms with Crippen molar-refractivity contribution in [1.29, 1.82) is 0 Å². The van der Waals surface area contributed by atoms with Crippen LogP contribution in [-0.2, 0) is 11.2 Å². The van der Waals surface area contributed by atoms with Gasteiger partial charge in [0.25, 0.3) is 0 Å². The second-order valence-corrected chi connectivity index (χ2v) is 6.48. The Bertz CT molecular complexity index is 557. The van der Waals surface area contributed by atoms with E-state index in [0.717, 1.165) is 30.2 Å². The summed E-state index contributed by atoms with van der Waals surface area (Å²) in [5.41, 5.74) is 0.843. The number of rotatable bonds is 6. The molecule has 3 heterocycles. The summed E-state index contributed by atoms with van der Waals surface area (Å²) in [5.74, 6) is 0.0689. The third-order valence-corrected chi connectivity index (χ3v) is 4.68. The number of amides is 1. The molecule has 1 fully saturated rings. The molecule has 0 radical (unpaired) electrons. The topological polar surface area (TPSA) is 49.6 Å². The normalized spacial score (nSPS) is 16.4. The van der Waals surface area contributed by atoms with Gasteiger partial charge in [0.1, 0.15) is 0 Å². The van der Waals surface area contributed by atoms with Crippen molar-refractivity contribution >= 4 is 22.2 Å². The second kappa shape index (κ2) is 7.04. The molecule has 21 heavy (non-hydrogen) atoms. The van der Waals surface area contributed by atoms with E-state index in [0.29, 0.717) is 6.42 Å². The van der Waals surface area contributed by atoms with Crippen LogP contribution < -0.4 is 5.32 Å². The number of hydrogen-bond donors (Lipinski definition) is 1. The van der Waals surface area contributed by atoms with Crippen molar-refractivity contribution in [3.8, 4) is 0 Å². The Morgan fingerprint density at radius 2 is 2.19 bits per heavy atom. The van der Waals surface area contributed by atoms with Gasteiger partial charge in [0.15, 0.2) is 4.96 Å². The molecular weight excluding hydrogens is 284 g/mol. The highest BCUT2D eigenvalue weighted by Gasteiger charge is 2.10. The first kappa shape index (κ1) is 14.5. The lowest BCUT2D eigenvalue weighted by Crippen LogP contribution is -2.33. The van der Waals surface area contributed by atoms with Crippen LogP contribution in [0.4, 0.5) is 0 Å². The van der Waals surface area contributed by atoms with E-state index in [1.165, 1.54) is 32.4 Å². The van der Waals surface area contributed by atoms with E-state index < -0.39 is 0 Å². The van der Waals surface area contributed by atoms with Crippen molar-refractivity contribution in [2.45, 2.75) is 32.1 Å². The van der Waals surface area contributed by atoms with Crippen LogP contribution in [0.3, 0.4) is 0 Å². The predicted molar refractivity (Wildman–Crippen MR) is 84.7 cm³/mol. The summed E-state index contributed by atoms with van der Waals surface area (Å²) in [6, 6.07) is 0. The van der Waals surface area contributed by atoms with E-state index in [1.807, 2.05) is 22.2 Å². The first-order valence-corrected chi connectivity index (χ1v) is 8.59. The molecule has 3 rings (SSSR count).